The fourth-order valence-corrected chi connectivity index (χ4v) is 1.71. The molecule has 0 fully saturated rings. The topological polar surface area (TPSA) is 55.6 Å². The monoisotopic (exact) mass is 245 g/mol. The fourth-order valence-electron chi connectivity index (χ4n) is 1.71. The number of pyridine rings is 1. The molecule has 2 aromatic heterocycles. The molecule has 0 atom stereocenters. The maximum Gasteiger partial charge on any atom is 0.0964 e. The van der Waals surface area contributed by atoms with Gasteiger partial charge in [0, 0.05) is 31.7 Å². The van der Waals surface area contributed by atoms with E-state index in [1.165, 1.54) is 5.56 Å². The number of rotatable bonds is 7. The van der Waals surface area contributed by atoms with Crippen LogP contribution in [0.15, 0.2) is 30.7 Å². The van der Waals surface area contributed by atoms with Crippen molar-refractivity contribution in [2.24, 2.45) is 0 Å². The van der Waals surface area contributed by atoms with Crippen LogP contribution in [0.25, 0.3) is 0 Å². The van der Waals surface area contributed by atoms with Crippen molar-refractivity contribution in [1.82, 2.24) is 25.3 Å². The molecule has 96 valence electrons. The lowest BCUT2D eigenvalue weighted by molar-refractivity contribution is 0.588. The highest BCUT2D eigenvalue weighted by molar-refractivity contribution is 5.08. The molecule has 2 rings (SSSR count). The van der Waals surface area contributed by atoms with Crippen molar-refractivity contribution in [1.29, 1.82) is 0 Å². The molecule has 0 aliphatic rings. The van der Waals surface area contributed by atoms with E-state index in [0.717, 1.165) is 38.2 Å². The smallest absolute Gasteiger partial charge is 0.0964 e. The van der Waals surface area contributed by atoms with Gasteiger partial charge in [0.25, 0.3) is 0 Å². The molecule has 5 heteroatoms. The second-order valence-electron chi connectivity index (χ2n) is 4.26. The first-order valence-corrected chi connectivity index (χ1v) is 6.37. The quantitative estimate of drug-likeness (QED) is 0.749. The van der Waals surface area contributed by atoms with Crippen molar-refractivity contribution in [3.05, 3.63) is 42.0 Å². The van der Waals surface area contributed by atoms with E-state index in [4.69, 9.17) is 0 Å². The summed E-state index contributed by atoms with van der Waals surface area (Å²) in [5.74, 6) is 0. The number of nitrogens with one attached hydrogen (secondary N) is 1. The molecule has 1 N–H and O–H groups in total. The van der Waals surface area contributed by atoms with Gasteiger partial charge in [0.1, 0.15) is 0 Å². The van der Waals surface area contributed by atoms with Crippen molar-refractivity contribution in [2.75, 3.05) is 6.54 Å². The predicted molar refractivity (Wildman–Crippen MR) is 70.0 cm³/mol. The number of aromatic nitrogens is 4. The molecule has 0 spiro atoms. The molecule has 0 aliphatic heterocycles. The van der Waals surface area contributed by atoms with Crippen LogP contribution >= 0.6 is 0 Å². The maximum atomic E-state index is 4.14. The molecule has 2 aromatic rings. The maximum absolute atomic E-state index is 4.14. The van der Waals surface area contributed by atoms with Crippen LogP contribution in [0.4, 0.5) is 0 Å². The van der Waals surface area contributed by atoms with Gasteiger partial charge in [-0.1, -0.05) is 18.2 Å². The summed E-state index contributed by atoms with van der Waals surface area (Å²) in [6.45, 7) is 4.80. The Morgan fingerprint density at radius 1 is 1.39 bits per heavy atom. The lowest BCUT2D eigenvalue weighted by Gasteiger charge is -2.00. The Morgan fingerprint density at radius 2 is 2.33 bits per heavy atom. The largest absolute Gasteiger partial charge is 0.311 e. The van der Waals surface area contributed by atoms with Gasteiger partial charge in [-0.15, -0.1) is 5.10 Å². The van der Waals surface area contributed by atoms with E-state index in [2.05, 4.69) is 33.6 Å². The molecular weight excluding hydrogens is 226 g/mol. The zero-order chi connectivity index (χ0) is 12.6. The van der Waals surface area contributed by atoms with E-state index >= 15 is 0 Å². The molecule has 5 nitrogen and oxygen atoms in total. The summed E-state index contributed by atoms with van der Waals surface area (Å²) in [5.41, 5.74) is 2.22. The number of hydrogen-bond donors (Lipinski definition) is 1. The van der Waals surface area contributed by atoms with Gasteiger partial charge in [-0.05, 0) is 31.0 Å². The van der Waals surface area contributed by atoms with Crippen molar-refractivity contribution in [3.8, 4) is 0 Å². The van der Waals surface area contributed by atoms with E-state index in [0.29, 0.717) is 0 Å². The van der Waals surface area contributed by atoms with E-state index < -0.39 is 0 Å². The molecule has 0 saturated carbocycles. The van der Waals surface area contributed by atoms with Crippen molar-refractivity contribution >= 4 is 0 Å². The fraction of sp³-hybridized carbons (Fsp3) is 0.462. The summed E-state index contributed by atoms with van der Waals surface area (Å²) in [6.07, 6.45) is 7.74. The number of hydrogen-bond acceptors (Lipinski definition) is 4. The Bertz CT molecular complexity index is 451. The standard InChI is InChI=1S/C13H19N5/c1-2-6-14-10-13-11-18(17-16-13)8-5-12-4-3-7-15-9-12/h3-4,7,9,11,14H,2,5-6,8,10H2,1H3. The first kappa shape index (κ1) is 12.7. The minimum absolute atomic E-state index is 0.792. The van der Waals surface area contributed by atoms with E-state index in [1.807, 2.05) is 23.1 Å². The zero-order valence-corrected chi connectivity index (χ0v) is 10.7. The minimum Gasteiger partial charge on any atom is -0.311 e. The Balaban J connectivity index is 1.80. The molecule has 0 saturated heterocycles. The molecule has 0 radical (unpaired) electrons. The zero-order valence-electron chi connectivity index (χ0n) is 10.7. The predicted octanol–water partition coefficient (Wildman–Crippen LogP) is 1.42. The molecule has 2 heterocycles. The third kappa shape index (κ3) is 3.92. The Hall–Kier alpha value is -1.75. The summed E-state index contributed by atoms with van der Waals surface area (Å²) in [7, 11) is 0. The highest BCUT2D eigenvalue weighted by Gasteiger charge is 2.00. The van der Waals surface area contributed by atoms with Gasteiger partial charge >= 0.3 is 0 Å². The van der Waals surface area contributed by atoms with Crippen LogP contribution in [0.5, 0.6) is 0 Å². The van der Waals surface area contributed by atoms with Crippen molar-refractivity contribution in [3.63, 3.8) is 0 Å². The van der Waals surface area contributed by atoms with Gasteiger partial charge in [0.05, 0.1) is 5.69 Å². The lowest BCUT2D eigenvalue weighted by Crippen LogP contribution is -2.13. The lowest BCUT2D eigenvalue weighted by atomic mass is 10.2. The molecular formula is C13H19N5. The molecule has 0 aromatic carbocycles. The molecule has 18 heavy (non-hydrogen) atoms. The Morgan fingerprint density at radius 3 is 3.11 bits per heavy atom. The highest BCUT2D eigenvalue weighted by atomic mass is 15.4. The van der Waals surface area contributed by atoms with Gasteiger partial charge < -0.3 is 5.32 Å². The average Bonchev–Trinajstić information content (AvgIpc) is 2.86. The summed E-state index contributed by atoms with van der Waals surface area (Å²) < 4.78 is 1.88. The van der Waals surface area contributed by atoms with Crippen LogP contribution < -0.4 is 5.32 Å². The van der Waals surface area contributed by atoms with Crippen LogP contribution in [0, 0.1) is 0 Å². The third-order valence-electron chi connectivity index (χ3n) is 2.67. The first-order chi connectivity index (χ1) is 8.88. The molecule has 0 bridgehead atoms. The summed E-state index contributed by atoms with van der Waals surface area (Å²) in [5, 5.41) is 11.6. The van der Waals surface area contributed by atoms with Crippen LogP contribution in [-0.2, 0) is 19.5 Å². The van der Waals surface area contributed by atoms with Gasteiger partial charge in [-0.2, -0.15) is 0 Å². The van der Waals surface area contributed by atoms with Crippen LogP contribution in [0.3, 0.4) is 0 Å². The second kappa shape index (κ2) is 6.86. The van der Waals surface area contributed by atoms with Gasteiger partial charge in [-0.3, -0.25) is 9.67 Å². The van der Waals surface area contributed by atoms with Gasteiger partial charge in [0.15, 0.2) is 0 Å². The van der Waals surface area contributed by atoms with Gasteiger partial charge in [-0.25, -0.2) is 0 Å². The second-order valence-corrected chi connectivity index (χ2v) is 4.26. The Labute approximate surface area is 107 Å². The van der Waals surface area contributed by atoms with E-state index in [1.54, 1.807) is 6.20 Å². The number of nitrogens with zero attached hydrogens (tertiary/aromatic N) is 4. The average molecular weight is 245 g/mol. The van der Waals surface area contributed by atoms with Crippen LogP contribution in [-0.4, -0.2) is 26.5 Å². The minimum atomic E-state index is 0.792. The molecule has 0 unspecified atom stereocenters. The number of aryl methyl sites for hydroxylation is 2. The van der Waals surface area contributed by atoms with Gasteiger partial charge in [0.2, 0.25) is 0 Å². The summed E-state index contributed by atoms with van der Waals surface area (Å²) in [6, 6.07) is 4.03. The van der Waals surface area contributed by atoms with Crippen LogP contribution in [0.2, 0.25) is 0 Å². The normalized spacial score (nSPS) is 10.7. The summed E-state index contributed by atoms with van der Waals surface area (Å²) in [4.78, 5) is 4.10. The molecule has 0 amide bonds. The highest BCUT2D eigenvalue weighted by Crippen LogP contribution is 2.00. The molecule has 0 aliphatic carbocycles. The van der Waals surface area contributed by atoms with E-state index in [9.17, 15) is 0 Å². The SMILES string of the molecule is CCCNCc1cn(CCc2cccnc2)nn1. The van der Waals surface area contributed by atoms with Crippen LogP contribution in [0.1, 0.15) is 24.6 Å². The first-order valence-electron chi connectivity index (χ1n) is 6.37. The van der Waals surface area contributed by atoms with Crippen molar-refractivity contribution < 1.29 is 0 Å². The summed E-state index contributed by atoms with van der Waals surface area (Å²) >= 11 is 0. The van der Waals surface area contributed by atoms with Crippen molar-refractivity contribution in [2.45, 2.75) is 32.9 Å². The van der Waals surface area contributed by atoms with E-state index in [-0.39, 0.29) is 0 Å². The Kier molecular flexibility index (Phi) is 4.84. The third-order valence-corrected chi connectivity index (χ3v) is 2.67.